The molecule has 1 unspecified atom stereocenters. The van der Waals surface area contributed by atoms with Crippen LogP contribution in [0.2, 0.25) is 0 Å². The number of halogens is 2. The van der Waals surface area contributed by atoms with Crippen LogP contribution >= 0.6 is 24.8 Å². The highest BCUT2D eigenvalue weighted by atomic mass is 35.5. The molecule has 0 saturated carbocycles. The van der Waals surface area contributed by atoms with Crippen LogP contribution in [0, 0.1) is 0 Å². The topological polar surface area (TPSA) is 120 Å². The van der Waals surface area contributed by atoms with Gasteiger partial charge in [-0.25, -0.2) is 0 Å². The quantitative estimate of drug-likeness (QED) is 0.448. The molecule has 0 aliphatic carbocycles. The number of aliphatic imine (C=N–C) groups is 2. The minimum absolute atomic E-state index is 0. The summed E-state index contributed by atoms with van der Waals surface area (Å²) >= 11 is 0. The fourth-order valence-electron chi connectivity index (χ4n) is 0.536. The first-order valence-corrected chi connectivity index (χ1v) is 2.59. The van der Waals surface area contributed by atoms with E-state index in [0.717, 1.165) is 0 Å². The van der Waals surface area contributed by atoms with E-state index in [1.54, 1.807) is 0 Å². The summed E-state index contributed by atoms with van der Waals surface area (Å²) in [6.45, 7) is 0. The molecule has 70 valence electrons. The molecule has 12 heavy (non-hydrogen) atoms. The third-order valence-corrected chi connectivity index (χ3v) is 1.05. The lowest BCUT2D eigenvalue weighted by Crippen LogP contribution is -2.46. The largest absolute Gasteiger partial charge is 0.385 e. The Bertz CT molecular complexity index is 238. The molecule has 1 aliphatic heterocycles. The highest BCUT2D eigenvalue weighted by Gasteiger charge is 2.21. The summed E-state index contributed by atoms with van der Waals surface area (Å²) in [5.41, 5.74) is 15.5. The number of carbonyl (C=O) groups is 1. The normalized spacial score (nSPS) is 21.4. The van der Waals surface area contributed by atoms with Crippen LogP contribution in [0.1, 0.15) is 0 Å². The van der Waals surface area contributed by atoms with E-state index < -0.39 is 11.9 Å². The van der Waals surface area contributed by atoms with Gasteiger partial charge in [0.25, 0.3) is 5.91 Å². The van der Waals surface area contributed by atoms with Crippen LogP contribution in [0.4, 0.5) is 0 Å². The SMILES string of the molecule is Cl.Cl.NC1=NC(=O)C(N)C(N)=N1. The number of hydrogen-bond acceptors (Lipinski definition) is 5. The second-order valence-electron chi connectivity index (χ2n) is 1.82. The molecule has 1 rings (SSSR count). The Labute approximate surface area is 81.1 Å². The number of carbonyl (C=O) groups excluding carboxylic acids is 1. The van der Waals surface area contributed by atoms with Crippen molar-refractivity contribution in [3.8, 4) is 0 Å². The average Bonchev–Trinajstić information content (AvgIpc) is 1.82. The molecule has 1 amide bonds. The number of guanidine groups is 1. The summed E-state index contributed by atoms with van der Waals surface area (Å²) in [6, 6.07) is -0.924. The number of rotatable bonds is 0. The first-order valence-electron chi connectivity index (χ1n) is 2.59. The van der Waals surface area contributed by atoms with E-state index in [4.69, 9.17) is 17.2 Å². The van der Waals surface area contributed by atoms with Crippen molar-refractivity contribution < 1.29 is 4.79 Å². The van der Waals surface area contributed by atoms with E-state index in [-0.39, 0.29) is 36.6 Å². The number of nitrogens with zero attached hydrogens (tertiary/aromatic N) is 2. The maximum absolute atomic E-state index is 10.7. The Morgan fingerprint density at radius 3 is 2.08 bits per heavy atom. The molecule has 1 aliphatic rings. The van der Waals surface area contributed by atoms with Crippen molar-refractivity contribution in [1.29, 1.82) is 0 Å². The minimum atomic E-state index is -0.924. The van der Waals surface area contributed by atoms with E-state index in [1.165, 1.54) is 0 Å². The van der Waals surface area contributed by atoms with Crippen molar-refractivity contribution in [2.24, 2.45) is 27.2 Å². The van der Waals surface area contributed by atoms with Gasteiger partial charge in [-0.3, -0.25) is 4.79 Å². The third kappa shape index (κ3) is 2.65. The van der Waals surface area contributed by atoms with Crippen LogP contribution in [-0.2, 0) is 4.79 Å². The predicted molar refractivity (Wildman–Crippen MR) is 50.7 cm³/mol. The summed E-state index contributed by atoms with van der Waals surface area (Å²) in [6.07, 6.45) is 0. The van der Waals surface area contributed by atoms with Gasteiger partial charge >= 0.3 is 0 Å². The summed E-state index contributed by atoms with van der Waals surface area (Å²) in [5.74, 6) is -0.674. The molecule has 0 saturated heterocycles. The number of nitrogens with two attached hydrogens (primary N) is 3. The van der Waals surface area contributed by atoms with Gasteiger partial charge in [-0.1, -0.05) is 0 Å². The molecule has 0 aromatic heterocycles. The molecule has 0 spiro atoms. The highest BCUT2D eigenvalue weighted by Crippen LogP contribution is 1.92. The van der Waals surface area contributed by atoms with E-state index in [2.05, 4.69) is 9.98 Å². The summed E-state index contributed by atoms with van der Waals surface area (Å²) in [5, 5.41) is 0. The molecule has 6 N–H and O–H groups in total. The zero-order chi connectivity index (χ0) is 7.72. The van der Waals surface area contributed by atoms with Crippen molar-refractivity contribution in [3.63, 3.8) is 0 Å². The Morgan fingerprint density at radius 2 is 1.67 bits per heavy atom. The Balaban J connectivity index is 0. The predicted octanol–water partition coefficient (Wildman–Crippen LogP) is -1.63. The maximum Gasteiger partial charge on any atom is 0.273 e. The van der Waals surface area contributed by atoms with Crippen molar-refractivity contribution in [2.75, 3.05) is 0 Å². The smallest absolute Gasteiger partial charge is 0.273 e. The van der Waals surface area contributed by atoms with Crippen LogP contribution in [0.3, 0.4) is 0 Å². The molecule has 8 heteroatoms. The first kappa shape index (κ1) is 13.7. The van der Waals surface area contributed by atoms with Gasteiger partial charge in [0.15, 0.2) is 0 Å². The van der Waals surface area contributed by atoms with E-state index in [9.17, 15) is 4.79 Å². The van der Waals surface area contributed by atoms with Crippen molar-refractivity contribution in [1.82, 2.24) is 0 Å². The van der Waals surface area contributed by atoms with Crippen LogP contribution in [0.15, 0.2) is 9.98 Å². The number of hydrogen-bond donors (Lipinski definition) is 3. The molecule has 0 aromatic carbocycles. The maximum atomic E-state index is 10.7. The molecular formula is C4H9Cl2N5O. The van der Waals surface area contributed by atoms with E-state index in [0.29, 0.717) is 0 Å². The number of amidine groups is 1. The Morgan fingerprint density at radius 1 is 1.17 bits per heavy atom. The van der Waals surface area contributed by atoms with Gasteiger partial charge in [-0.05, 0) is 0 Å². The van der Waals surface area contributed by atoms with E-state index in [1.807, 2.05) is 0 Å². The van der Waals surface area contributed by atoms with Crippen LogP contribution < -0.4 is 17.2 Å². The van der Waals surface area contributed by atoms with Gasteiger partial charge in [0.2, 0.25) is 5.96 Å². The summed E-state index contributed by atoms with van der Waals surface area (Å²) in [4.78, 5) is 17.4. The van der Waals surface area contributed by atoms with Crippen LogP contribution in [0.5, 0.6) is 0 Å². The second kappa shape index (κ2) is 4.91. The monoisotopic (exact) mass is 213 g/mol. The minimum Gasteiger partial charge on any atom is -0.385 e. The van der Waals surface area contributed by atoms with Gasteiger partial charge in [-0.2, -0.15) is 9.98 Å². The molecule has 0 fully saturated rings. The lowest BCUT2D eigenvalue weighted by Gasteiger charge is -2.10. The fourth-order valence-corrected chi connectivity index (χ4v) is 0.536. The summed E-state index contributed by atoms with van der Waals surface area (Å²) < 4.78 is 0. The van der Waals surface area contributed by atoms with Gasteiger partial charge in [0.05, 0.1) is 0 Å². The van der Waals surface area contributed by atoms with Crippen LogP contribution in [-0.4, -0.2) is 23.7 Å². The molecule has 1 atom stereocenters. The highest BCUT2D eigenvalue weighted by molar-refractivity contribution is 6.16. The third-order valence-electron chi connectivity index (χ3n) is 1.05. The molecule has 0 radical (unpaired) electrons. The fraction of sp³-hybridized carbons (Fsp3) is 0.250. The molecule has 1 heterocycles. The van der Waals surface area contributed by atoms with Gasteiger partial charge in [0, 0.05) is 0 Å². The lowest BCUT2D eigenvalue weighted by molar-refractivity contribution is -0.117. The van der Waals surface area contributed by atoms with Crippen molar-refractivity contribution in [3.05, 3.63) is 0 Å². The standard InChI is InChI=1S/C4H7N5O.2ClH/c5-1-2(6)8-4(7)9-3(1)10;;/h1H,5H2,(H4,6,7,8,9,10);2*1H. The molecular weight excluding hydrogens is 205 g/mol. The number of amides is 1. The van der Waals surface area contributed by atoms with E-state index >= 15 is 0 Å². The van der Waals surface area contributed by atoms with Gasteiger partial charge < -0.3 is 17.2 Å². The molecule has 0 aromatic rings. The summed E-state index contributed by atoms with van der Waals surface area (Å²) in [7, 11) is 0. The van der Waals surface area contributed by atoms with Crippen LogP contribution in [0.25, 0.3) is 0 Å². The van der Waals surface area contributed by atoms with Gasteiger partial charge in [-0.15, -0.1) is 24.8 Å². The average molecular weight is 214 g/mol. The second-order valence-corrected chi connectivity index (χ2v) is 1.82. The molecule has 0 bridgehead atoms. The Kier molecular flexibility index (Phi) is 5.62. The lowest BCUT2D eigenvalue weighted by atomic mass is 10.2. The van der Waals surface area contributed by atoms with Gasteiger partial charge in [0.1, 0.15) is 11.9 Å². The first-order chi connectivity index (χ1) is 4.61. The Hall–Kier alpha value is -0.850. The van der Waals surface area contributed by atoms with Crippen molar-refractivity contribution in [2.45, 2.75) is 6.04 Å². The zero-order valence-electron chi connectivity index (χ0n) is 5.93. The molecule has 6 nitrogen and oxygen atoms in total. The van der Waals surface area contributed by atoms with Crippen molar-refractivity contribution >= 4 is 42.5 Å². The zero-order valence-corrected chi connectivity index (χ0v) is 7.56.